The van der Waals surface area contributed by atoms with Crippen molar-refractivity contribution in [2.24, 2.45) is 5.73 Å². The van der Waals surface area contributed by atoms with Gasteiger partial charge in [0, 0.05) is 12.3 Å². The molecule has 0 heterocycles. The van der Waals surface area contributed by atoms with Crippen molar-refractivity contribution < 1.29 is 8.42 Å². The average Bonchev–Trinajstić information content (AvgIpc) is 2.46. The monoisotopic (exact) mass is 211 g/mol. The largest absolute Gasteiger partial charge is 0.324 e. The van der Waals surface area contributed by atoms with E-state index in [-0.39, 0.29) is 6.04 Å². The smallest absolute Gasteiger partial charge is 0.175 e. The number of hydrogen-bond acceptors (Lipinski definition) is 3. The lowest BCUT2D eigenvalue weighted by Gasteiger charge is -2.06. The lowest BCUT2D eigenvalue weighted by molar-refractivity contribution is 0.601. The molecule has 14 heavy (non-hydrogen) atoms. The Morgan fingerprint density at radius 3 is 2.79 bits per heavy atom. The van der Waals surface area contributed by atoms with Crippen LogP contribution in [0.2, 0.25) is 0 Å². The van der Waals surface area contributed by atoms with Crippen molar-refractivity contribution in [2.75, 3.05) is 6.26 Å². The first-order valence-electron chi connectivity index (χ1n) is 4.57. The highest BCUT2D eigenvalue weighted by Gasteiger charge is 2.20. The van der Waals surface area contributed by atoms with Gasteiger partial charge in [-0.2, -0.15) is 0 Å². The highest BCUT2D eigenvalue weighted by Crippen LogP contribution is 2.30. The topological polar surface area (TPSA) is 60.2 Å². The number of hydrogen-bond donors (Lipinski definition) is 1. The number of fused-ring (bicyclic) bond motifs is 1. The van der Waals surface area contributed by atoms with Crippen LogP contribution in [0.4, 0.5) is 0 Å². The summed E-state index contributed by atoms with van der Waals surface area (Å²) in [5, 5.41) is 0. The molecule has 1 atom stereocenters. The standard InChI is InChI=1S/C10H13NO2S/c1-14(12,13)8-4-2-7-3-5-10(11)9(7)6-8/h2,4,6,10H,3,5,11H2,1H3/t10-/m0/s1. The summed E-state index contributed by atoms with van der Waals surface area (Å²) in [6.45, 7) is 0. The van der Waals surface area contributed by atoms with E-state index in [1.165, 1.54) is 11.8 Å². The predicted molar refractivity (Wildman–Crippen MR) is 54.8 cm³/mol. The zero-order chi connectivity index (χ0) is 10.3. The first kappa shape index (κ1) is 9.68. The molecule has 1 aromatic carbocycles. The fourth-order valence-electron chi connectivity index (χ4n) is 1.84. The van der Waals surface area contributed by atoms with E-state index in [0.717, 1.165) is 18.4 Å². The molecule has 2 rings (SSSR count). The summed E-state index contributed by atoms with van der Waals surface area (Å²) in [6, 6.07) is 5.25. The van der Waals surface area contributed by atoms with Crippen molar-refractivity contribution >= 4 is 9.84 Å². The van der Waals surface area contributed by atoms with Gasteiger partial charge in [0.15, 0.2) is 9.84 Å². The third-order valence-corrected chi connectivity index (χ3v) is 3.78. The van der Waals surface area contributed by atoms with Gasteiger partial charge in [0.1, 0.15) is 0 Å². The van der Waals surface area contributed by atoms with Gasteiger partial charge in [-0.15, -0.1) is 0 Å². The first-order valence-corrected chi connectivity index (χ1v) is 6.46. The van der Waals surface area contributed by atoms with Crippen molar-refractivity contribution in [3.05, 3.63) is 29.3 Å². The van der Waals surface area contributed by atoms with Gasteiger partial charge in [-0.3, -0.25) is 0 Å². The van der Waals surface area contributed by atoms with Crippen molar-refractivity contribution in [2.45, 2.75) is 23.8 Å². The van der Waals surface area contributed by atoms with Gasteiger partial charge < -0.3 is 5.73 Å². The third-order valence-electron chi connectivity index (χ3n) is 2.67. The van der Waals surface area contributed by atoms with Gasteiger partial charge in [-0.05, 0) is 36.1 Å². The molecule has 2 N–H and O–H groups in total. The molecule has 0 bridgehead atoms. The van der Waals surface area contributed by atoms with Crippen LogP contribution in [0.1, 0.15) is 23.6 Å². The van der Waals surface area contributed by atoms with E-state index >= 15 is 0 Å². The Labute approximate surface area is 83.9 Å². The van der Waals surface area contributed by atoms with Crippen molar-refractivity contribution in [1.82, 2.24) is 0 Å². The molecule has 0 aliphatic heterocycles. The molecule has 0 saturated carbocycles. The van der Waals surface area contributed by atoms with Gasteiger partial charge in [0.25, 0.3) is 0 Å². The minimum Gasteiger partial charge on any atom is -0.324 e. The second kappa shape index (κ2) is 3.07. The average molecular weight is 211 g/mol. The van der Waals surface area contributed by atoms with Crippen LogP contribution in [-0.2, 0) is 16.3 Å². The Kier molecular flexibility index (Phi) is 2.12. The Bertz CT molecular complexity index is 465. The maximum Gasteiger partial charge on any atom is 0.175 e. The summed E-state index contributed by atoms with van der Waals surface area (Å²) in [7, 11) is -3.10. The lowest BCUT2D eigenvalue weighted by atomic mass is 10.1. The highest BCUT2D eigenvalue weighted by molar-refractivity contribution is 7.90. The van der Waals surface area contributed by atoms with E-state index in [2.05, 4.69) is 0 Å². The summed E-state index contributed by atoms with van der Waals surface area (Å²) in [5.74, 6) is 0. The van der Waals surface area contributed by atoms with E-state index in [0.29, 0.717) is 4.90 Å². The van der Waals surface area contributed by atoms with Crippen LogP contribution in [0.15, 0.2) is 23.1 Å². The number of benzene rings is 1. The molecule has 3 nitrogen and oxygen atoms in total. The molecule has 0 aromatic heterocycles. The minimum absolute atomic E-state index is 0.00620. The Morgan fingerprint density at radius 1 is 1.43 bits per heavy atom. The van der Waals surface area contributed by atoms with Gasteiger partial charge in [-0.1, -0.05) is 6.07 Å². The van der Waals surface area contributed by atoms with E-state index in [4.69, 9.17) is 5.73 Å². The lowest BCUT2D eigenvalue weighted by Crippen LogP contribution is -2.06. The normalized spacial score (nSPS) is 20.9. The fourth-order valence-corrected chi connectivity index (χ4v) is 2.50. The molecule has 76 valence electrons. The van der Waals surface area contributed by atoms with Crippen LogP contribution >= 0.6 is 0 Å². The van der Waals surface area contributed by atoms with Crippen LogP contribution in [0.25, 0.3) is 0 Å². The molecule has 0 radical (unpaired) electrons. The van der Waals surface area contributed by atoms with Gasteiger partial charge in [0.2, 0.25) is 0 Å². The Balaban J connectivity index is 2.56. The predicted octanol–water partition coefficient (Wildman–Crippen LogP) is 1.04. The molecule has 0 spiro atoms. The maximum absolute atomic E-state index is 11.3. The minimum atomic E-state index is -3.10. The van der Waals surface area contributed by atoms with Crippen LogP contribution < -0.4 is 5.73 Å². The molecule has 0 amide bonds. The number of aryl methyl sites for hydroxylation is 1. The molecular formula is C10H13NO2S. The van der Waals surface area contributed by atoms with Crippen molar-refractivity contribution in [3.8, 4) is 0 Å². The molecular weight excluding hydrogens is 198 g/mol. The Morgan fingerprint density at radius 2 is 2.14 bits per heavy atom. The molecule has 1 aliphatic carbocycles. The van der Waals surface area contributed by atoms with Crippen LogP contribution in [0.3, 0.4) is 0 Å². The zero-order valence-corrected chi connectivity index (χ0v) is 8.84. The summed E-state index contributed by atoms with van der Waals surface area (Å²) in [4.78, 5) is 0.369. The quantitative estimate of drug-likeness (QED) is 0.755. The maximum atomic E-state index is 11.3. The number of nitrogens with two attached hydrogens (primary N) is 1. The number of rotatable bonds is 1. The molecule has 4 heteroatoms. The van der Waals surface area contributed by atoms with Gasteiger partial charge in [-0.25, -0.2) is 8.42 Å². The first-order chi connectivity index (χ1) is 6.48. The van der Waals surface area contributed by atoms with E-state index in [1.807, 2.05) is 6.07 Å². The molecule has 0 unspecified atom stereocenters. The second-order valence-electron chi connectivity index (χ2n) is 3.78. The highest BCUT2D eigenvalue weighted by atomic mass is 32.2. The summed E-state index contributed by atoms with van der Waals surface area (Å²) >= 11 is 0. The van der Waals surface area contributed by atoms with Crippen molar-refractivity contribution in [3.63, 3.8) is 0 Å². The number of sulfone groups is 1. The van der Waals surface area contributed by atoms with Crippen LogP contribution in [0.5, 0.6) is 0 Å². The van der Waals surface area contributed by atoms with Crippen LogP contribution in [-0.4, -0.2) is 14.7 Å². The van der Waals surface area contributed by atoms with Gasteiger partial charge in [0.05, 0.1) is 4.90 Å². The summed E-state index contributed by atoms with van der Waals surface area (Å²) in [6.07, 6.45) is 3.10. The van der Waals surface area contributed by atoms with Crippen LogP contribution in [0, 0.1) is 0 Å². The molecule has 1 aromatic rings. The Hall–Kier alpha value is -0.870. The zero-order valence-electron chi connectivity index (χ0n) is 8.03. The SMILES string of the molecule is CS(=O)(=O)c1ccc2c(c1)[C@@H](N)CC2. The molecule has 0 fully saturated rings. The molecule has 0 saturated heterocycles. The van der Waals surface area contributed by atoms with Crippen molar-refractivity contribution in [1.29, 1.82) is 0 Å². The molecule has 1 aliphatic rings. The van der Waals surface area contributed by atoms with E-state index < -0.39 is 9.84 Å². The van der Waals surface area contributed by atoms with E-state index in [1.54, 1.807) is 12.1 Å². The summed E-state index contributed by atoms with van der Waals surface area (Å²) < 4.78 is 22.6. The second-order valence-corrected chi connectivity index (χ2v) is 5.79. The van der Waals surface area contributed by atoms with E-state index in [9.17, 15) is 8.42 Å². The summed E-state index contributed by atoms with van der Waals surface area (Å²) in [5.41, 5.74) is 8.04. The third kappa shape index (κ3) is 1.55. The van der Waals surface area contributed by atoms with Gasteiger partial charge >= 0.3 is 0 Å². The fraction of sp³-hybridized carbons (Fsp3) is 0.400.